The van der Waals surface area contributed by atoms with E-state index in [9.17, 15) is 0 Å². The van der Waals surface area contributed by atoms with E-state index >= 15 is 0 Å². The Bertz CT molecular complexity index is 1280. The van der Waals surface area contributed by atoms with Gasteiger partial charge in [-0.2, -0.15) is 0 Å². The number of likely N-dealkylation sites (tertiary alicyclic amines) is 1. The number of hydrazine groups is 1. The molecule has 5 nitrogen and oxygen atoms in total. The first kappa shape index (κ1) is 43.3. The van der Waals surface area contributed by atoms with E-state index in [2.05, 4.69) is 132 Å². The van der Waals surface area contributed by atoms with E-state index in [0.29, 0.717) is 23.9 Å². The maximum Gasteiger partial charge on any atom is 0.0512 e. The quantitative estimate of drug-likeness (QED) is 0.0339. The summed E-state index contributed by atoms with van der Waals surface area (Å²) in [6.07, 6.45) is 13.5. The van der Waals surface area contributed by atoms with Crippen LogP contribution in [-0.2, 0) is 12.8 Å². The van der Waals surface area contributed by atoms with Crippen LogP contribution in [0.3, 0.4) is 0 Å². The Kier molecular flexibility index (Phi) is 19.2. The van der Waals surface area contributed by atoms with Crippen molar-refractivity contribution in [3.8, 4) is 0 Å². The molecular formula is C45H75N5. The Morgan fingerprint density at radius 3 is 2.40 bits per heavy atom. The number of rotatable bonds is 26. The molecule has 50 heavy (non-hydrogen) atoms. The maximum atomic E-state index is 4.70. The number of benzene rings is 1. The normalized spacial score (nSPS) is 16.7. The van der Waals surface area contributed by atoms with Crippen molar-refractivity contribution in [2.75, 3.05) is 32.7 Å². The largest absolute Gasteiger partial charge is 0.384 e. The van der Waals surface area contributed by atoms with Crippen LogP contribution in [-0.4, -0.2) is 49.7 Å². The third-order valence-corrected chi connectivity index (χ3v) is 10.2. The Hall–Kier alpha value is -2.86. The summed E-state index contributed by atoms with van der Waals surface area (Å²) < 4.78 is 0. The zero-order valence-corrected chi connectivity index (χ0v) is 33.6. The van der Waals surface area contributed by atoms with E-state index in [1.54, 1.807) is 6.20 Å². The van der Waals surface area contributed by atoms with Crippen molar-refractivity contribution >= 4 is 5.57 Å². The van der Waals surface area contributed by atoms with E-state index in [4.69, 9.17) is 6.58 Å². The van der Waals surface area contributed by atoms with Crippen molar-refractivity contribution in [3.05, 3.63) is 102 Å². The number of nitrogens with one attached hydrogen (secondary N) is 4. The van der Waals surface area contributed by atoms with Gasteiger partial charge in [0.2, 0.25) is 0 Å². The fourth-order valence-electron chi connectivity index (χ4n) is 7.37. The molecule has 2 rings (SSSR count). The van der Waals surface area contributed by atoms with Crippen molar-refractivity contribution in [3.63, 3.8) is 0 Å². The van der Waals surface area contributed by atoms with Crippen molar-refractivity contribution in [2.24, 2.45) is 17.3 Å². The Morgan fingerprint density at radius 1 is 1.04 bits per heavy atom. The van der Waals surface area contributed by atoms with Gasteiger partial charge in [0.25, 0.3) is 0 Å². The van der Waals surface area contributed by atoms with Gasteiger partial charge in [-0.3, -0.25) is 4.90 Å². The molecule has 0 bridgehead atoms. The van der Waals surface area contributed by atoms with E-state index in [0.717, 1.165) is 95.2 Å². The zero-order valence-electron chi connectivity index (χ0n) is 33.6. The molecule has 0 amide bonds. The molecule has 0 aromatic heterocycles. The zero-order chi connectivity index (χ0) is 37.3. The second kappa shape index (κ2) is 22.2. The van der Waals surface area contributed by atoms with Crippen LogP contribution in [0, 0.1) is 17.3 Å². The summed E-state index contributed by atoms with van der Waals surface area (Å²) in [6, 6.07) is 7.80. The molecule has 1 saturated heterocycles. The lowest BCUT2D eigenvalue weighted by Gasteiger charge is -2.35. The van der Waals surface area contributed by atoms with Crippen molar-refractivity contribution < 1.29 is 0 Å². The highest BCUT2D eigenvalue weighted by molar-refractivity contribution is 5.69. The predicted molar refractivity (Wildman–Crippen MR) is 222 cm³/mol. The molecule has 1 aromatic carbocycles. The average Bonchev–Trinajstić information content (AvgIpc) is 3.51. The van der Waals surface area contributed by atoms with Crippen molar-refractivity contribution in [1.29, 1.82) is 0 Å². The minimum Gasteiger partial charge on any atom is -0.384 e. The molecule has 0 spiro atoms. The van der Waals surface area contributed by atoms with Crippen LogP contribution in [0.25, 0.3) is 5.57 Å². The first-order valence-corrected chi connectivity index (χ1v) is 19.5. The van der Waals surface area contributed by atoms with Crippen LogP contribution < -0.4 is 21.5 Å². The average molecular weight is 686 g/mol. The van der Waals surface area contributed by atoms with Crippen LogP contribution in [0.2, 0.25) is 0 Å². The summed E-state index contributed by atoms with van der Waals surface area (Å²) in [5, 5.41) is 7.57. The molecule has 3 unspecified atom stereocenters. The molecule has 0 radical (unpaired) electrons. The third kappa shape index (κ3) is 15.6. The topological polar surface area (TPSA) is 51.4 Å². The van der Waals surface area contributed by atoms with Crippen molar-refractivity contribution in [1.82, 2.24) is 26.4 Å². The molecule has 1 aliphatic heterocycles. The lowest BCUT2D eigenvalue weighted by atomic mass is 9.79. The molecular weight excluding hydrogens is 611 g/mol. The Labute approximate surface area is 308 Å². The SMILES string of the molecule is C=CNNCCCCC(Cc1cc(CC)cc(/C(C)=C/C(=C)C(=C)CC(C)(C)CCC(=C)C)c1)NC(=C)C(C(C)C)N1CCC(CNCC)C1. The predicted octanol–water partition coefficient (Wildman–Crippen LogP) is 9.92. The molecule has 1 fully saturated rings. The highest BCUT2D eigenvalue weighted by Gasteiger charge is 2.32. The van der Waals surface area contributed by atoms with Gasteiger partial charge < -0.3 is 16.1 Å². The van der Waals surface area contributed by atoms with E-state index in [1.807, 2.05) is 0 Å². The second-order valence-corrected chi connectivity index (χ2v) is 16.1. The van der Waals surface area contributed by atoms with Crippen LogP contribution >= 0.6 is 0 Å². The summed E-state index contributed by atoms with van der Waals surface area (Å²) in [6.45, 7) is 44.9. The van der Waals surface area contributed by atoms with Gasteiger partial charge in [0.15, 0.2) is 0 Å². The molecule has 0 aliphatic carbocycles. The van der Waals surface area contributed by atoms with Gasteiger partial charge in [-0.1, -0.05) is 104 Å². The summed E-state index contributed by atoms with van der Waals surface area (Å²) in [5.41, 5.74) is 16.2. The number of nitrogens with zero attached hydrogens (tertiary/aromatic N) is 1. The fourth-order valence-corrected chi connectivity index (χ4v) is 7.37. The third-order valence-electron chi connectivity index (χ3n) is 10.2. The fraction of sp³-hybridized carbons (Fsp3) is 0.600. The number of hydrogen-bond donors (Lipinski definition) is 4. The van der Waals surface area contributed by atoms with E-state index in [-0.39, 0.29) is 5.41 Å². The number of allylic oxidation sites excluding steroid dienone is 5. The molecule has 0 saturated carbocycles. The molecule has 1 aliphatic rings. The van der Waals surface area contributed by atoms with Crippen molar-refractivity contribution in [2.45, 2.75) is 125 Å². The summed E-state index contributed by atoms with van der Waals surface area (Å²) >= 11 is 0. The van der Waals surface area contributed by atoms with Gasteiger partial charge in [-0.05, 0) is 136 Å². The van der Waals surface area contributed by atoms with E-state index < -0.39 is 0 Å². The van der Waals surface area contributed by atoms with Gasteiger partial charge in [-0.15, -0.1) is 6.58 Å². The minimum atomic E-state index is 0.164. The van der Waals surface area contributed by atoms with E-state index in [1.165, 1.54) is 40.0 Å². The molecule has 3 atom stereocenters. The maximum absolute atomic E-state index is 4.70. The second-order valence-electron chi connectivity index (χ2n) is 16.1. The molecule has 280 valence electrons. The lowest BCUT2D eigenvalue weighted by Crippen LogP contribution is -2.45. The van der Waals surface area contributed by atoms with Gasteiger partial charge >= 0.3 is 0 Å². The molecule has 1 aromatic rings. The monoisotopic (exact) mass is 686 g/mol. The molecule has 4 N–H and O–H groups in total. The molecule has 1 heterocycles. The summed E-state index contributed by atoms with van der Waals surface area (Å²) in [5.74, 6) is 1.20. The lowest BCUT2D eigenvalue weighted by molar-refractivity contribution is 0.203. The minimum absolute atomic E-state index is 0.164. The molecule has 5 heteroatoms. The Balaban J connectivity index is 2.27. The standard InChI is InChI=1S/C45H75N5/c1-14-39-26-41(28-42(27-39)36(9)25-35(8)37(10)30-45(12,13)22-20-33(4)5)29-43(19-17-18-23-48-47-16-3)49-38(11)44(34(6)7)50-24-21-40(32-50)31-46-15-2/h16,25-28,34,40,43-44,46-49H,3-4,8,10-11,14-15,17-24,29-32H2,1-2,5-7,9,12-13H3/b36-25+. The summed E-state index contributed by atoms with van der Waals surface area (Å²) in [7, 11) is 0. The summed E-state index contributed by atoms with van der Waals surface area (Å²) in [4.78, 5) is 2.68. The number of aryl methyl sites for hydroxylation is 1. The highest BCUT2D eigenvalue weighted by Crippen LogP contribution is 2.34. The van der Waals surface area contributed by atoms with Gasteiger partial charge in [0.05, 0.1) is 6.04 Å². The van der Waals surface area contributed by atoms with Gasteiger partial charge in [-0.25, -0.2) is 5.43 Å². The first-order valence-electron chi connectivity index (χ1n) is 19.5. The van der Waals surface area contributed by atoms with Crippen LogP contribution in [0.1, 0.15) is 117 Å². The van der Waals surface area contributed by atoms with Crippen LogP contribution in [0.4, 0.5) is 0 Å². The number of hydrogen-bond acceptors (Lipinski definition) is 5. The smallest absolute Gasteiger partial charge is 0.0512 e. The van der Waals surface area contributed by atoms with Crippen LogP contribution in [0.5, 0.6) is 0 Å². The Morgan fingerprint density at radius 2 is 1.76 bits per heavy atom. The van der Waals surface area contributed by atoms with Crippen LogP contribution in [0.15, 0.2) is 85.8 Å². The van der Waals surface area contributed by atoms with Gasteiger partial charge in [0.1, 0.15) is 0 Å². The highest BCUT2D eigenvalue weighted by atomic mass is 15.3. The van der Waals surface area contributed by atoms with Gasteiger partial charge in [0, 0.05) is 31.0 Å². The first-order chi connectivity index (χ1) is 23.7. The number of unbranched alkanes of at least 4 members (excludes halogenated alkanes) is 1.